The summed E-state index contributed by atoms with van der Waals surface area (Å²) in [5, 5.41) is 40.5. The topological polar surface area (TPSA) is 165 Å². The molecule has 3 saturated carbocycles. The SMILES string of the molecule is CO[C@@H]1O[C@H](COCc2cn(CC(O)Cn3cc([C@]4(O)CC[C@H]5[C@@H]6CCC7=CC(=O)CC[C@]7(C)[C@H]6CC[C@@]54C)nn3)nn2)[C@H]2OC(C)(C)O[C@@H]12. The molecule has 2 aliphatic heterocycles. The van der Waals surface area contributed by atoms with Crippen LogP contribution in [0.25, 0.3) is 0 Å². The summed E-state index contributed by atoms with van der Waals surface area (Å²) in [5.74, 6) is 1.04. The highest BCUT2D eigenvalue weighted by Gasteiger charge is 2.65. The maximum Gasteiger partial charge on any atom is 0.186 e. The zero-order chi connectivity index (χ0) is 35.1. The number of ketones is 1. The van der Waals surface area contributed by atoms with Crippen molar-refractivity contribution in [1.82, 2.24) is 30.0 Å². The van der Waals surface area contributed by atoms with Crippen molar-refractivity contribution < 1.29 is 38.7 Å². The number of methoxy groups -OCH3 is 1. The Morgan fingerprint density at radius 2 is 1.70 bits per heavy atom. The molecule has 4 aliphatic carbocycles. The summed E-state index contributed by atoms with van der Waals surface area (Å²) in [4.78, 5) is 12.2. The highest BCUT2D eigenvalue weighted by atomic mass is 16.8. The predicted octanol–water partition coefficient (Wildman–Crippen LogP) is 3.06. The van der Waals surface area contributed by atoms with E-state index < -0.39 is 23.8 Å². The van der Waals surface area contributed by atoms with Crippen LogP contribution in [0, 0.1) is 28.6 Å². The van der Waals surface area contributed by atoms with Gasteiger partial charge in [0.1, 0.15) is 35.3 Å². The van der Waals surface area contributed by atoms with Gasteiger partial charge in [-0.2, -0.15) is 0 Å². The fourth-order valence-corrected chi connectivity index (χ4v) is 10.8. The third-order valence-corrected chi connectivity index (χ3v) is 13.3. The second kappa shape index (κ2) is 12.5. The summed E-state index contributed by atoms with van der Waals surface area (Å²) >= 11 is 0. The molecule has 2 aromatic rings. The Bertz CT molecular complexity index is 1630. The number of carbonyl (C=O) groups is 1. The van der Waals surface area contributed by atoms with Gasteiger partial charge < -0.3 is 33.9 Å². The molecule has 5 fully saturated rings. The molecule has 6 aliphatic rings. The van der Waals surface area contributed by atoms with E-state index in [0.29, 0.717) is 42.0 Å². The van der Waals surface area contributed by atoms with Crippen molar-refractivity contribution in [3.63, 3.8) is 0 Å². The summed E-state index contributed by atoms with van der Waals surface area (Å²) in [6.07, 6.45) is 10.5. The average molecular weight is 697 g/mol. The minimum Gasteiger partial charge on any atom is -0.389 e. The third kappa shape index (κ3) is 5.69. The number of ether oxygens (including phenoxy) is 5. The van der Waals surface area contributed by atoms with Gasteiger partial charge >= 0.3 is 0 Å². The molecule has 1 unspecified atom stereocenters. The third-order valence-electron chi connectivity index (χ3n) is 13.3. The van der Waals surface area contributed by atoms with Gasteiger partial charge in [0.05, 0.1) is 44.8 Å². The Hall–Kier alpha value is -2.59. The van der Waals surface area contributed by atoms with E-state index in [0.717, 1.165) is 38.5 Å². The number of allylic oxidation sites excluding steroid dienone is 1. The molecule has 0 amide bonds. The summed E-state index contributed by atoms with van der Waals surface area (Å²) < 4.78 is 32.4. The molecule has 50 heavy (non-hydrogen) atoms. The first-order chi connectivity index (χ1) is 23.8. The van der Waals surface area contributed by atoms with E-state index in [1.54, 1.807) is 22.7 Å². The van der Waals surface area contributed by atoms with Gasteiger partial charge in [-0.15, -0.1) is 10.2 Å². The number of aliphatic hydroxyl groups is 2. The van der Waals surface area contributed by atoms with Gasteiger partial charge in [-0.1, -0.05) is 29.8 Å². The number of carbonyl (C=O) groups excluding carboxylic acids is 1. The number of hydrogen-bond acceptors (Lipinski definition) is 12. The van der Waals surface area contributed by atoms with Crippen LogP contribution in [0.2, 0.25) is 0 Å². The van der Waals surface area contributed by atoms with Crippen molar-refractivity contribution in [1.29, 1.82) is 0 Å². The molecule has 14 heteroatoms. The van der Waals surface area contributed by atoms with Gasteiger partial charge in [0.15, 0.2) is 17.9 Å². The average Bonchev–Trinajstić information content (AvgIpc) is 3.88. The van der Waals surface area contributed by atoms with Crippen LogP contribution >= 0.6 is 0 Å². The standard InChI is InChI=1S/C36H52N6O8/c1-33(2)49-30-28(48-32(46-5)31(30)50-33)20-47-19-22-15-41(39-37-22)16-24(44)17-42-18-29(38-40-42)36(45)13-10-27-25-7-6-21-14-23(43)8-11-34(21,3)26(25)9-12-35(27,36)4/h14-15,18,24-28,30-32,44-45H,6-13,16-17,19-20H2,1-5H3/t24?,25-,26+,27+,28-,30-,31-,32-,34+,35+,36-/m1/s1. The van der Waals surface area contributed by atoms with E-state index in [9.17, 15) is 15.0 Å². The maximum absolute atomic E-state index is 12.4. The van der Waals surface area contributed by atoms with Gasteiger partial charge in [0, 0.05) is 18.9 Å². The molecule has 2 N–H and O–H groups in total. The van der Waals surface area contributed by atoms with E-state index in [4.69, 9.17) is 23.7 Å². The minimum absolute atomic E-state index is 0.0941. The number of aromatic nitrogens is 6. The van der Waals surface area contributed by atoms with Crippen LogP contribution in [-0.4, -0.2) is 96.2 Å². The lowest BCUT2D eigenvalue weighted by atomic mass is 9.46. The number of rotatable bonds is 10. The van der Waals surface area contributed by atoms with Crippen LogP contribution in [0.15, 0.2) is 24.0 Å². The Kier molecular flexibility index (Phi) is 8.64. The molecular weight excluding hydrogens is 644 g/mol. The van der Waals surface area contributed by atoms with E-state index in [1.165, 1.54) is 5.57 Å². The lowest BCUT2D eigenvalue weighted by Gasteiger charge is -2.59. The molecule has 14 nitrogen and oxygen atoms in total. The van der Waals surface area contributed by atoms with Crippen LogP contribution in [0.5, 0.6) is 0 Å². The largest absolute Gasteiger partial charge is 0.389 e. The smallest absolute Gasteiger partial charge is 0.186 e. The fraction of sp³-hybridized carbons (Fsp3) is 0.806. The fourth-order valence-electron chi connectivity index (χ4n) is 10.8. The van der Waals surface area contributed by atoms with E-state index in [2.05, 4.69) is 34.5 Å². The predicted molar refractivity (Wildman–Crippen MR) is 176 cm³/mol. The molecule has 0 spiro atoms. The van der Waals surface area contributed by atoms with Crippen molar-refractivity contribution in [2.24, 2.45) is 28.6 Å². The van der Waals surface area contributed by atoms with Gasteiger partial charge in [0.2, 0.25) is 0 Å². The van der Waals surface area contributed by atoms with Gasteiger partial charge in [-0.25, -0.2) is 9.36 Å². The Labute approximate surface area is 292 Å². The lowest BCUT2D eigenvalue weighted by Crippen LogP contribution is -2.53. The van der Waals surface area contributed by atoms with Crippen molar-refractivity contribution in [2.75, 3.05) is 13.7 Å². The second-order valence-electron chi connectivity index (χ2n) is 16.6. The molecule has 2 saturated heterocycles. The number of aliphatic hydroxyl groups excluding tert-OH is 1. The first-order valence-electron chi connectivity index (χ1n) is 18.4. The van der Waals surface area contributed by atoms with Crippen molar-refractivity contribution >= 4 is 5.78 Å². The first kappa shape index (κ1) is 34.5. The van der Waals surface area contributed by atoms with Crippen LogP contribution in [0.4, 0.5) is 0 Å². The first-order valence-corrected chi connectivity index (χ1v) is 18.4. The van der Waals surface area contributed by atoms with Crippen molar-refractivity contribution in [3.05, 3.63) is 35.4 Å². The number of hydrogen-bond donors (Lipinski definition) is 2. The van der Waals surface area contributed by atoms with Crippen LogP contribution in [0.3, 0.4) is 0 Å². The second-order valence-corrected chi connectivity index (χ2v) is 16.6. The quantitative estimate of drug-likeness (QED) is 0.374. The molecule has 2 aromatic heterocycles. The summed E-state index contributed by atoms with van der Waals surface area (Å²) in [7, 11) is 1.58. The van der Waals surface area contributed by atoms with E-state index in [-0.39, 0.29) is 61.2 Å². The Morgan fingerprint density at radius 3 is 2.50 bits per heavy atom. The zero-order valence-electron chi connectivity index (χ0n) is 29.9. The monoisotopic (exact) mass is 696 g/mol. The zero-order valence-corrected chi connectivity index (χ0v) is 29.9. The van der Waals surface area contributed by atoms with Crippen molar-refractivity contribution in [2.45, 2.75) is 141 Å². The van der Waals surface area contributed by atoms with E-state index in [1.807, 2.05) is 26.1 Å². The molecule has 11 atom stereocenters. The van der Waals surface area contributed by atoms with Gasteiger partial charge in [-0.05, 0) is 88.0 Å². The molecule has 4 heterocycles. The minimum atomic E-state index is -1.08. The highest BCUT2D eigenvalue weighted by Crippen LogP contribution is 2.69. The molecule has 0 aromatic carbocycles. The van der Waals surface area contributed by atoms with Crippen LogP contribution in [-0.2, 0) is 53.8 Å². The molecule has 0 bridgehead atoms. The highest BCUT2D eigenvalue weighted by molar-refractivity contribution is 5.91. The summed E-state index contributed by atoms with van der Waals surface area (Å²) in [6.45, 7) is 9.29. The Morgan fingerprint density at radius 1 is 0.960 bits per heavy atom. The van der Waals surface area contributed by atoms with Gasteiger partial charge in [0.25, 0.3) is 0 Å². The van der Waals surface area contributed by atoms with Crippen LogP contribution < -0.4 is 0 Å². The summed E-state index contributed by atoms with van der Waals surface area (Å²) in [6, 6.07) is 0. The molecule has 8 rings (SSSR count). The van der Waals surface area contributed by atoms with Crippen molar-refractivity contribution in [3.8, 4) is 0 Å². The molecule has 0 radical (unpaired) electrons. The Balaban J connectivity index is 0.854. The number of fused-ring (bicyclic) bond motifs is 6. The summed E-state index contributed by atoms with van der Waals surface area (Å²) in [5.41, 5.74) is 1.29. The maximum atomic E-state index is 12.4. The van der Waals surface area contributed by atoms with Crippen LogP contribution in [0.1, 0.15) is 90.4 Å². The lowest BCUT2D eigenvalue weighted by molar-refractivity contribution is -0.232. The van der Waals surface area contributed by atoms with E-state index >= 15 is 0 Å². The molecular formula is C36H52N6O8. The van der Waals surface area contributed by atoms with Gasteiger partial charge in [-0.3, -0.25) is 4.79 Å². The molecule has 274 valence electrons. The number of nitrogens with zero attached hydrogens (tertiary/aromatic N) is 6. The normalized spacial score (nSPS) is 41.0.